The fraction of sp³-hybridized carbons (Fsp3) is 0.185. The van der Waals surface area contributed by atoms with E-state index in [-0.39, 0.29) is 5.91 Å². The van der Waals surface area contributed by atoms with Crippen LogP contribution >= 0.6 is 0 Å². The van der Waals surface area contributed by atoms with Gasteiger partial charge in [0.25, 0.3) is 5.91 Å². The van der Waals surface area contributed by atoms with Gasteiger partial charge in [-0.3, -0.25) is 9.78 Å². The minimum Gasteiger partial charge on any atom is -0.378 e. The van der Waals surface area contributed by atoms with Gasteiger partial charge in [-0.2, -0.15) is 0 Å². The highest BCUT2D eigenvalue weighted by atomic mass is 16.5. The molecular weight excluding hydrogens is 440 g/mol. The van der Waals surface area contributed by atoms with E-state index in [1.54, 1.807) is 24.5 Å². The van der Waals surface area contributed by atoms with Gasteiger partial charge in [0.15, 0.2) is 5.82 Å². The molecule has 0 aliphatic carbocycles. The van der Waals surface area contributed by atoms with Gasteiger partial charge in [0.2, 0.25) is 0 Å². The van der Waals surface area contributed by atoms with E-state index < -0.39 is 0 Å². The molecule has 2 aromatic carbocycles. The van der Waals surface area contributed by atoms with Crippen molar-refractivity contribution in [2.45, 2.75) is 0 Å². The Morgan fingerprint density at radius 1 is 0.971 bits per heavy atom. The zero-order valence-electron chi connectivity index (χ0n) is 19.3. The van der Waals surface area contributed by atoms with Gasteiger partial charge in [-0.05, 0) is 54.6 Å². The van der Waals surface area contributed by atoms with Crippen LogP contribution in [0, 0.1) is 0 Å². The molecule has 0 bridgehead atoms. The Morgan fingerprint density at radius 3 is 2.57 bits per heavy atom. The van der Waals surface area contributed by atoms with E-state index in [0.717, 1.165) is 46.3 Å². The van der Waals surface area contributed by atoms with Crippen molar-refractivity contribution in [2.75, 3.05) is 36.5 Å². The number of anilines is 2. The molecule has 35 heavy (non-hydrogen) atoms. The van der Waals surface area contributed by atoms with Crippen molar-refractivity contribution in [1.29, 1.82) is 0 Å². The van der Waals surface area contributed by atoms with Crippen LogP contribution in [0.2, 0.25) is 0 Å². The monoisotopic (exact) mass is 464 g/mol. The molecule has 5 aromatic rings. The molecule has 174 valence electrons. The van der Waals surface area contributed by atoms with Crippen molar-refractivity contribution < 1.29 is 9.53 Å². The predicted octanol–water partition coefficient (Wildman–Crippen LogP) is 4.27. The molecule has 6 rings (SSSR count). The summed E-state index contributed by atoms with van der Waals surface area (Å²) in [5.41, 5.74) is 4.15. The quantitative estimate of drug-likeness (QED) is 0.428. The van der Waals surface area contributed by atoms with Crippen molar-refractivity contribution in [3.05, 3.63) is 78.8 Å². The maximum atomic E-state index is 12.5. The smallest absolute Gasteiger partial charge is 0.257 e. The lowest BCUT2D eigenvalue weighted by molar-refractivity contribution is 0.102. The van der Waals surface area contributed by atoms with Crippen molar-refractivity contribution in [3.63, 3.8) is 0 Å². The van der Waals surface area contributed by atoms with Crippen LogP contribution in [0.25, 0.3) is 33.2 Å². The first-order valence-corrected chi connectivity index (χ1v) is 11.6. The standard InChI is InChI=1S/C27H24N6O2/c1-32-12-10-21-23(32)9-8-22-24(21)30-25(31-26(22)33-13-15-35-16-14-33)18-4-6-20(7-5-18)29-27(34)19-3-2-11-28-17-19/h2-12,17H,13-16H2,1H3,(H,29,34). The van der Waals surface area contributed by atoms with Crippen LogP contribution in [0.3, 0.4) is 0 Å². The van der Waals surface area contributed by atoms with Gasteiger partial charge in [-0.25, -0.2) is 9.97 Å². The van der Waals surface area contributed by atoms with Crippen LogP contribution < -0.4 is 10.2 Å². The number of aromatic nitrogens is 4. The van der Waals surface area contributed by atoms with E-state index in [2.05, 4.69) is 44.2 Å². The van der Waals surface area contributed by atoms with Gasteiger partial charge in [0, 0.05) is 66.3 Å². The Labute approximate surface area is 202 Å². The summed E-state index contributed by atoms with van der Waals surface area (Å²) in [6.07, 6.45) is 5.24. The zero-order valence-corrected chi connectivity index (χ0v) is 19.3. The normalized spacial score (nSPS) is 13.9. The molecule has 8 heteroatoms. The number of hydrogen-bond donors (Lipinski definition) is 1. The number of fused-ring (bicyclic) bond motifs is 3. The second-order valence-electron chi connectivity index (χ2n) is 8.56. The van der Waals surface area contributed by atoms with Crippen molar-refractivity contribution in [1.82, 2.24) is 19.5 Å². The number of morpholine rings is 1. The van der Waals surface area contributed by atoms with E-state index in [0.29, 0.717) is 30.3 Å². The molecule has 0 saturated carbocycles. The summed E-state index contributed by atoms with van der Waals surface area (Å²) in [7, 11) is 2.04. The lowest BCUT2D eigenvalue weighted by Gasteiger charge is -2.29. The van der Waals surface area contributed by atoms with Crippen LogP contribution in [-0.2, 0) is 11.8 Å². The lowest BCUT2D eigenvalue weighted by Crippen LogP contribution is -2.37. The van der Waals surface area contributed by atoms with Gasteiger partial charge in [0.1, 0.15) is 5.82 Å². The first-order valence-electron chi connectivity index (χ1n) is 11.6. The molecule has 0 unspecified atom stereocenters. The third kappa shape index (κ3) is 3.98. The van der Waals surface area contributed by atoms with Crippen LogP contribution in [0.5, 0.6) is 0 Å². The number of pyridine rings is 1. The summed E-state index contributed by atoms with van der Waals surface area (Å²) in [5.74, 6) is 1.38. The Balaban J connectivity index is 1.40. The fourth-order valence-electron chi connectivity index (χ4n) is 4.48. The number of ether oxygens (including phenoxy) is 1. The molecule has 0 radical (unpaired) electrons. The molecule has 0 spiro atoms. The number of hydrogen-bond acceptors (Lipinski definition) is 6. The van der Waals surface area contributed by atoms with Crippen molar-refractivity contribution in [2.24, 2.45) is 7.05 Å². The van der Waals surface area contributed by atoms with Crippen molar-refractivity contribution in [3.8, 4) is 11.4 Å². The minimum absolute atomic E-state index is 0.200. The average Bonchev–Trinajstić information content (AvgIpc) is 3.30. The number of rotatable bonds is 4. The Morgan fingerprint density at radius 2 is 1.80 bits per heavy atom. The van der Waals surface area contributed by atoms with Gasteiger partial charge in [-0.1, -0.05) is 0 Å². The number of carbonyl (C=O) groups is 1. The second-order valence-corrected chi connectivity index (χ2v) is 8.56. The molecule has 1 aliphatic heterocycles. The summed E-state index contributed by atoms with van der Waals surface area (Å²) in [5, 5.41) is 5.05. The SMILES string of the molecule is Cn1ccc2c3nc(-c4ccc(NC(=O)c5cccnc5)cc4)nc(N4CCOCC4)c3ccc21. The summed E-state index contributed by atoms with van der Waals surface area (Å²) in [6.45, 7) is 2.94. The molecule has 1 N–H and O–H groups in total. The molecule has 1 saturated heterocycles. The number of aryl methyl sites for hydroxylation is 1. The van der Waals surface area contributed by atoms with E-state index in [9.17, 15) is 4.79 Å². The molecule has 0 atom stereocenters. The molecule has 8 nitrogen and oxygen atoms in total. The van der Waals surface area contributed by atoms with Gasteiger partial charge >= 0.3 is 0 Å². The summed E-state index contributed by atoms with van der Waals surface area (Å²) in [6, 6.07) is 17.4. The number of carbonyl (C=O) groups excluding carboxylic acids is 1. The summed E-state index contributed by atoms with van der Waals surface area (Å²) < 4.78 is 7.67. The van der Waals surface area contributed by atoms with Crippen molar-refractivity contribution >= 4 is 39.2 Å². The van der Waals surface area contributed by atoms with E-state index >= 15 is 0 Å². The molecule has 1 aliphatic rings. The third-order valence-corrected chi connectivity index (χ3v) is 6.34. The minimum atomic E-state index is -0.200. The maximum Gasteiger partial charge on any atom is 0.257 e. The molecule has 1 amide bonds. The first kappa shape index (κ1) is 21.2. The van der Waals surface area contributed by atoms with Crippen LogP contribution in [0.15, 0.2) is 73.2 Å². The molecule has 3 aromatic heterocycles. The van der Waals surface area contributed by atoms with Crippen LogP contribution in [0.1, 0.15) is 10.4 Å². The van der Waals surface area contributed by atoms with Gasteiger partial charge in [-0.15, -0.1) is 0 Å². The van der Waals surface area contributed by atoms with Crippen LogP contribution in [-0.4, -0.2) is 51.7 Å². The highest BCUT2D eigenvalue weighted by Gasteiger charge is 2.20. The summed E-state index contributed by atoms with van der Waals surface area (Å²) in [4.78, 5) is 28.8. The van der Waals surface area contributed by atoms with Gasteiger partial charge < -0.3 is 19.5 Å². The Kier molecular flexibility index (Phi) is 5.35. The zero-order chi connectivity index (χ0) is 23.8. The highest BCUT2D eigenvalue weighted by molar-refractivity contribution is 6.08. The van der Waals surface area contributed by atoms with E-state index in [1.807, 2.05) is 31.3 Å². The van der Waals surface area contributed by atoms with Crippen LogP contribution in [0.4, 0.5) is 11.5 Å². The second kappa shape index (κ2) is 8.81. The first-order chi connectivity index (χ1) is 17.2. The average molecular weight is 465 g/mol. The number of amides is 1. The Bertz CT molecular complexity index is 1520. The lowest BCUT2D eigenvalue weighted by atomic mass is 10.1. The topological polar surface area (TPSA) is 85.2 Å². The fourth-order valence-corrected chi connectivity index (χ4v) is 4.48. The molecule has 1 fully saturated rings. The maximum absolute atomic E-state index is 12.5. The number of nitrogens with zero attached hydrogens (tertiary/aromatic N) is 5. The van der Waals surface area contributed by atoms with E-state index in [1.165, 1.54) is 0 Å². The third-order valence-electron chi connectivity index (χ3n) is 6.34. The van der Waals surface area contributed by atoms with E-state index in [4.69, 9.17) is 14.7 Å². The predicted molar refractivity (Wildman–Crippen MR) is 137 cm³/mol. The largest absolute Gasteiger partial charge is 0.378 e. The molecular formula is C27H24N6O2. The number of benzene rings is 2. The van der Waals surface area contributed by atoms with Gasteiger partial charge in [0.05, 0.1) is 24.3 Å². The molecule has 4 heterocycles. The number of nitrogens with one attached hydrogen (secondary N) is 1. The Hall–Kier alpha value is -4.30. The summed E-state index contributed by atoms with van der Waals surface area (Å²) >= 11 is 0. The highest BCUT2D eigenvalue weighted by Crippen LogP contribution is 2.33.